The second-order valence-electron chi connectivity index (χ2n) is 5.67. The molecule has 5 nitrogen and oxygen atoms in total. The molecule has 0 fully saturated rings. The topological polar surface area (TPSA) is 61.8 Å². The molecule has 0 unspecified atom stereocenters. The minimum absolute atomic E-state index is 0.0834. The first kappa shape index (κ1) is 17.1. The summed E-state index contributed by atoms with van der Waals surface area (Å²) >= 11 is 5.71. The average molecular weight is 360 g/mol. The molecule has 3 rings (SSSR count). The molecule has 1 aliphatic heterocycles. The van der Waals surface area contributed by atoms with Gasteiger partial charge in [0.25, 0.3) is 5.91 Å². The number of hydrogen-bond acceptors (Lipinski definition) is 3. The Bertz CT molecular complexity index is 882. The number of rotatable bonds is 3. The van der Waals surface area contributed by atoms with Gasteiger partial charge >= 0.3 is 0 Å². The fourth-order valence-electron chi connectivity index (χ4n) is 2.46. The van der Waals surface area contributed by atoms with E-state index in [0.717, 1.165) is 5.56 Å². The van der Waals surface area contributed by atoms with E-state index in [1.54, 1.807) is 6.07 Å². The van der Waals surface area contributed by atoms with E-state index in [1.165, 1.54) is 23.2 Å². The number of carbonyl (C=O) groups is 2. The second-order valence-corrected chi connectivity index (χ2v) is 6.08. The van der Waals surface area contributed by atoms with Gasteiger partial charge in [0.2, 0.25) is 5.91 Å². The third-order valence-corrected chi connectivity index (χ3v) is 4.01. The monoisotopic (exact) mass is 359 g/mol. The molecule has 7 heteroatoms. The van der Waals surface area contributed by atoms with Crippen molar-refractivity contribution in [2.24, 2.45) is 5.10 Å². The highest BCUT2D eigenvalue weighted by Gasteiger charge is 2.25. The maximum absolute atomic E-state index is 13.2. The molecule has 0 radical (unpaired) electrons. The summed E-state index contributed by atoms with van der Waals surface area (Å²) in [5.41, 5.74) is 2.18. The van der Waals surface area contributed by atoms with Gasteiger partial charge in [-0.05, 0) is 42.8 Å². The molecule has 1 aliphatic rings. The summed E-state index contributed by atoms with van der Waals surface area (Å²) in [5.74, 6) is -1.19. The Hall–Kier alpha value is -2.73. The lowest BCUT2D eigenvalue weighted by atomic mass is 10.1. The Morgan fingerprint density at radius 1 is 1.24 bits per heavy atom. The lowest BCUT2D eigenvalue weighted by Crippen LogP contribution is -2.36. The van der Waals surface area contributed by atoms with Crippen molar-refractivity contribution in [1.82, 2.24) is 0 Å². The van der Waals surface area contributed by atoms with Crippen LogP contribution in [0.1, 0.15) is 18.4 Å². The minimum atomic E-state index is -0.564. The fourth-order valence-corrected chi connectivity index (χ4v) is 2.64. The molecule has 0 aromatic heterocycles. The predicted octanol–water partition coefficient (Wildman–Crippen LogP) is 3.91. The lowest BCUT2D eigenvalue weighted by molar-refractivity contribution is -0.118. The first-order chi connectivity index (χ1) is 11.9. The molecule has 0 saturated heterocycles. The van der Waals surface area contributed by atoms with Crippen LogP contribution in [0.3, 0.4) is 0 Å². The molecule has 0 spiro atoms. The quantitative estimate of drug-likeness (QED) is 0.903. The van der Waals surface area contributed by atoms with Crippen molar-refractivity contribution in [2.75, 3.05) is 10.3 Å². The molecule has 1 N–H and O–H groups in total. The van der Waals surface area contributed by atoms with E-state index in [4.69, 9.17) is 11.6 Å². The van der Waals surface area contributed by atoms with Crippen LogP contribution in [-0.4, -0.2) is 17.5 Å². The number of halogens is 2. The van der Waals surface area contributed by atoms with Crippen LogP contribution in [0.2, 0.25) is 5.02 Å². The summed E-state index contributed by atoms with van der Waals surface area (Å²) in [6, 6.07) is 11.2. The molecule has 0 bridgehead atoms. The third kappa shape index (κ3) is 3.85. The molecule has 0 saturated carbocycles. The van der Waals surface area contributed by atoms with Gasteiger partial charge in [-0.2, -0.15) is 5.10 Å². The molecule has 128 valence electrons. The van der Waals surface area contributed by atoms with E-state index in [2.05, 4.69) is 10.4 Å². The van der Waals surface area contributed by atoms with Crippen LogP contribution >= 0.6 is 11.6 Å². The second kappa shape index (κ2) is 7.03. The van der Waals surface area contributed by atoms with Gasteiger partial charge < -0.3 is 5.32 Å². The van der Waals surface area contributed by atoms with Crippen molar-refractivity contribution in [1.29, 1.82) is 0 Å². The summed E-state index contributed by atoms with van der Waals surface area (Å²) < 4.78 is 13.2. The Morgan fingerprint density at radius 2 is 2.04 bits per heavy atom. The average Bonchev–Trinajstić information content (AvgIpc) is 2.58. The summed E-state index contributed by atoms with van der Waals surface area (Å²) in [5, 5.41) is 7.97. The number of hydrogen-bond donors (Lipinski definition) is 1. The number of hydrazone groups is 1. The zero-order valence-corrected chi connectivity index (χ0v) is 14.2. The number of carbonyl (C=O) groups excluding carboxylic acids is 2. The molecule has 2 aromatic rings. The maximum Gasteiger partial charge on any atom is 0.271 e. The largest absolute Gasteiger partial charge is 0.321 e. The summed E-state index contributed by atoms with van der Waals surface area (Å²) in [6.45, 7) is 1.91. The van der Waals surface area contributed by atoms with Gasteiger partial charge in [-0.1, -0.05) is 23.7 Å². The van der Waals surface area contributed by atoms with Crippen LogP contribution in [-0.2, 0) is 9.59 Å². The normalized spacial score (nSPS) is 14.3. The van der Waals surface area contributed by atoms with Crippen molar-refractivity contribution < 1.29 is 14.0 Å². The van der Waals surface area contributed by atoms with E-state index in [-0.39, 0.29) is 29.5 Å². The predicted molar refractivity (Wildman–Crippen MR) is 95.4 cm³/mol. The first-order valence-corrected chi connectivity index (χ1v) is 8.05. The van der Waals surface area contributed by atoms with Crippen LogP contribution in [0.25, 0.3) is 0 Å². The van der Waals surface area contributed by atoms with Crippen molar-refractivity contribution >= 4 is 40.5 Å². The molecule has 25 heavy (non-hydrogen) atoms. The first-order valence-electron chi connectivity index (χ1n) is 7.67. The Balaban J connectivity index is 1.83. The van der Waals surface area contributed by atoms with Crippen LogP contribution < -0.4 is 10.3 Å². The van der Waals surface area contributed by atoms with Crippen LogP contribution in [0.4, 0.5) is 15.8 Å². The Morgan fingerprint density at radius 3 is 2.76 bits per heavy atom. The van der Waals surface area contributed by atoms with Crippen LogP contribution in [0.15, 0.2) is 47.6 Å². The molecule has 0 aliphatic carbocycles. The zero-order valence-electron chi connectivity index (χ0n) is 13.4. The van der Waals surface area contributed by atoms with E-state index in [9.17, 15) is 14.0 Å². The van der Waals surface area contributed by atoms with E-state index in [0.29, 0.717) is 11.4 Å². The minimum Gasteiger partial charge on any atom is -0.321 e. The van der Waals surface area contributed by atoms with Crippen molar-refractivity contribution in [3.8, 4) is 0 Å². The van der Waals surface area contributed by atoms with Gasteiger partial charge in [0.15, 0.2) is 0 Å². The number of nitrogens with zero attached hydrogens (tertiary/aromatic N) is 2. The maximum atomic E-state index is 13.2. The molecular formula is C18H15ClFN3O2. The summed E-state index contributed by atoms with van der Waals surface area (Å²) in [7, 11) is 0. The SMILES string of the molecule is Cc1cccc(N2N=C(C(=O)Nc3ccc(F)c(Cl)c3)CCC2=O)c1. The molecular weight excluding hydrogens is 345 g/mol. The Labute approximate surface area is 149 Å². The molecule has 2 amide bonds. The smallest absolute Gasteiger partial charge is 0.271 e. The third-order valence-electron chi connectivity index (χ3n) is 3.72. The Kier molecular flexibility index (Phi) is 4.81. The van der Waals surface area contributed by atoms with Gasteiger partial charge in [0.05, 0.1) is 10.7 Å². The number of amides is 2. The number of nitrogens with one attached hydrogen (secondary N) is 1. The number of aryl methyl sites for hydroxylation is 1. The zero-order chi connectivity index (χ0) is 18.0. The van der Waals surface area contributed by atoms with Crippen LogP contribution in [0.5, 0.6) is 0 Å². The molecule has 2 aromatic carbocycles. The summed E-state index contributed by atoms with van der Waals surface area (Å²) in [6.07, 6.45) is 0.423. The van der Waals surface area contributed by atoms with Crippen LogP contribution in [0, 0.1) is 12.7 Å². The van der Waals surface area contributed by atoms with Gasteiger partial charge in [-0.25, -0.2) is 9.40 Å². The highest BCUT2D eigenvalue weighted by atomic mass is 35.5. The van der Waals surface area contributed by atoms with Gasteiger partial charge in [-0.3, -0.25) is 9.59 Å². The number of anilines is 2. The van der Waals surface area contributed by atoms with Gasteiger partial charge in [0, 0.05) is 18.5 Å². The van der Waals surface area contributed by atoms with Crippen molar-refractivity contribution in [2.45, 2.75) is 19.8 Å². The highest BCUT2D eigenvalue weighted by Crippen LogP contribution is 2.23. The molecule has 1 heterocycles. The summed E-state index contributed by atoms with van der Waals surface area (Å²) in [4.78, 5) is 24.5. The molecule has 0 atom stereocenters. The van der Waals surface area contributed by atoms with Gasteiger partial charge in [-0.15, -0.1) is 0 Å². The van der Waals surface area contributed by atoms with E-state index in [1.807, 2.05) is 25.1 Å². The fraction of sp³-hybridized carbons (Fsp3) is 0.167. The standard InChI is InChI=1S/C18H15ClFN3O2/c1-11-3-2-4-13(9-11)23-17(24)8-7-16(22-23)18(25)21-12-5-6-15(20)14(19)10-12/h2-6,9-10H,7-8H2,1H3,(H,21,25). The highest BCUT2D eigenvalue weighted by molar-refractivity contribution is 6.44. The van der Waals surface area contributed by atoms with E-state index < -0.39 is 11.7 Å². The number of benzene rings is 2. The van der Waals surface area contributed by atoms with E-state index >= 15 is 0 Å². The van der Waals surface area contributed by atoms with Gasteiger partial charge in [0.1, 0.15) is 11.5 Å². The van der Waals surface area contributed by atoms with Crippen molar-refractivity contribution in [3.63, 3.8) is 0 Å². The lowest BCUT2D eigenvalue weighted by Gasteiger charge is -2.23. The van der Waals surface area contributed by atoms with Crippen molar-refractivity contribution in [3.05, 3.63) is 58.9 Å².